The van der Waals surface area contributed by atoms with E-state index < -0.39 is 0 Å². The molecule has 0 aliphatic carbocycles. The number of nitrogens with one attached hydrogen (secondary N) is 1. The van der Waals surface area contributed by atoms with Crippen molar-refractivity contribution in [3.63, 3.8) is 0 Å². The highest BCUT2D eigenvalue weighted by atomic mass is 16.5. The van der Waals surface area contributed by atoms with Crippen molar-refractivity contribution in [2.75, 3.05) is 46.0 Å². The maximum Gasteiger partial charge on any atom is 0.122 e. The van der Waals surface area contributed by atoms with Crippen LogP contribution in [-0.4, -0.2) is 67.2 Å². The third-order valence-corrected chi connectivity index (χ3v) is 7.34. The monoisotopic (exact) mass is 518 g/mol. The zero-order valence-corrected chi connectivity index (χ0v) is 22.7. The van der Waals surface area contributed by atoms with Gasteiger partial charge in [0.25, 0.3) is 0 Å². The second-order valence-corrected chi connectivity index (χ2v) is 10.1. The van der Waals surface area contributed by atoms with Crippen LogP contribution in [0.15, 0.2) is 66.7 Å². The summed E-state index contributed by atoms with van der Waals surface area (Å²) in [4.78, 5) is 2.30. The number of likely N-dealkylation sites (tertiary alicyclic amines) is 1. The van der Waals surface area contributed by atoms with Gasteiger partial charge < -0.3 is 29.9 Å². The summed E-state index contributed by atoms with van der Waals surface area (Å²) in [6.07, 6.45) is 2.48. The van der Waals surface area contributed by atoms with E-state index in [0.29, 0.717) is 13.2 Å². The molecule has 1 saturated heterocycles. The number of rotatable bonds is 14. The Bertz CT molecular complexity index is 1140. The van der Waals surface area contributed by atoms with Gasteiger partial charge in [-0.15, -0.1) is 0 Å². The van der Waals surface area contributed by atoms with Crippen LogP contribution in [-0.2, 0) is 0 Å². The number of β-amino-alcohol motifs (C(OH)–C–C–N with tert-alkyl or cyclic N) is 1. The molecule has 0 radical (unpaired) electrons. The smallest absolute Gasteiger partial charge is 0.122 e. The SMILES string of the molecule is Cc1c(OCCCN[C@H](CO)c2ccccc2)cccc1-c1cccc(OCCCN2CC[C@@H](O)C2)c1C. The molecule has 3 N–H and O–H groups in total. The fourth-order valence-electron chi connectivity index (χ4n) is 5.11. The van der Waals surface area contributed by atoms with Crippen molar-refractivity contribution in [2.45, 2.75) is 45.3 Å². The molecule has 1 aliphatic rings. The predicted molar refractivity (Wildman–Crippen MR) is 153 cm³/mol. The van der Waals surface area contributed by atoms with Crippen LogP contribution in [0.5, 0.6) is 11.5 Å². The van der Waals surface area contributed by atoms with Gasteiger partial charge in [-0.3, -0.25) is 0 Å². The number of hydrogen-bond acceptors (Lipinski definition) is 6. The van der Waals surface area contributed by atoms with Gasteiger partial charge in [0.15, 0.2) is 0 Å². The molecule has 3 aromatic carbocycles. The average Bonchev–Trinajstić information content (AvgIpc) is 3.36. The van der Waals surface area contributed by atoms with Gasteiger partial charge in [0.05, 0.1) is 32.0 Å². The molecule has 4 rings (SSSR count). The van der Waals surface area contributed by atoms with Crippen LogP contribution in [0, 0.1) is 13.8 Å². The molecule has 0 aromatic heterocycles. The highest BCUT2D eigenvalue weighted by Crippen LogP contribution is 2.35. The van der Waals surface area contributed by atoms with Gasteiger partial charge in [-0.1, -0.05) is 54.6 Å². The predicted octanol–water partition coefficient (Wildman–Crippen LogP) is 4.90. The summed E-state index contributed by atoms with van der Waals surface area (Å²) in [5, 5.41) is 22.8. The Morgan fingerprint density at radius 1 is 0.868 bits per heavy atom. The molecule has 0 amide bonds. The first kappa shape index (κ1) is 28.1. The molecule has 0 saturated carbocycles. The Balaban J connectivity index is 1.29. The third-order valence-electron chi connectivity index (χ3n) is 7.34. The van der Waals surface area contributed by atoms with E-state index >= 15 is 0 Å². The first-order chi connectivity index (χ1) is 18.6. The lowest BCUT2D eigenvalue weighted by atomic mass is 9.95. The van der Waals surface area contributed by atoms with Gasteiger partial charge >= 0.3 is 0 Å². The van der Waals surface area contributed by atoms with Crippen LogP contribution in [0.4, 0.5) is 0 Å². The summed E-state index contributed by atoms with van der Waals surface area (Å²) in [6.45, 7) is 9.01. The molecule has 1 heterocycles. The Morgan fingerprint density at radius 2 is 1.50 bits per heavy atom. The highest BCUT2D eigenvalue weighted by Gasteiger charge is 2.19. The van der Waals surface area contributed by atoms with E-state index in [-0.39, 0.29) is 18.8 Å². The van der Waals surface area contributed by atoms with Crippen LogP contribution in [0.2, 0.25) is 0 Å². The second kappa shape index (κ2) is 14.3. The Morgan fingerprint density at radius 3 is 2.08 bits per heavy atom. The van der Waals surface area contributed by atoms with Crippen molar-refractivity contribution in [3.8, 4) is 22.6 Å². The largest absolute Gasteiger partial charge is 0.493 e. The van der Waals surface area contributed by atoms with Crippen molar-refractivity contribution in [1.82, 2.24) is 10.2 Å². The molecule has 6 heteroatoms. The van der Waals surface area contributed by atoms with E-state index in [1.807, 2.05) is 48.5 Å². The number of hydrogen-bond donors (Lipinski definition) is 3. The minimum atomic E-state index is -0.173. The Kier molecular flexibility index (Phi) is 10.6. The Hall–Kier alpha value is -2.90. The standard InChI is InChI=1S/C32H42N2O4/c1-24-28(29-13-7-15-32(25(29)2)38-21-9-18-34-19-16-27(36)22-34)12-6-14-31(24)37-20-8-17-33-30(23-35)26-10-4-3-5-11-26/h3-7,10-15,27,30,33,35-36H,8-9,16-23H2,1-2H3/t27-,30-/m1/s1. The number of nitrogens with zero attached hydrogens (tertiary/aromatic N) is 1. The van der Waals surface area contributed by atoms with Gasteiger partial charge in [0, 0.05) is 19.6 Å². The lowest BCUT2D eigenvalue weighted by molar-refractivity contribution is 0.173. The lowest BCUT2D eigenvalue weighted by Gasteiger charge is -2.18. The molecule has 0 unspecified atom stereocenters. The highest BCUT2D eigenvalue weighted by molar-refractivity contribution is 5.74. The second-order valence-electron chi connectivity index (χ2n) is 10.1. The molecular weight excluding hydrogens is 476 g/mol. The normalized spacial score (nSPS) is 16.5. The van der Waals surface area contributed by atoms with Gasteiger partial charge in [0.1, 0.15) is 11.5 Å². The topological polar surface area (TPSA) is 74.2 Å². The van der Waals surface area contributed by atoms with Crippen LogP contribution in [0.3, 0.4) is 0 Å². The quantitative estimate of drug-likeness (QED) is 0.264. The molecule has 2 atom stereocenters. The van der Waals surface area contributed by atoms with Crippen molar-refractivity contribution >= 4 is 0 Å². The summed E-state index contributed by atoms with van der Waals surface area (Å²) >= 11 is 0. The molecule has 0 bridgehead atoms. The van der Waals surface area contributed by atoms with E-state index in [1.165, 1.54) is 0 Å². The van der Waals surface area contributed by atoms with Crippen LogP contribution >= 0.6 is 0 Å². The molecule has 1 aliphatic heterocycles. The number of aliphatic hydroxyl groups excluding tert-OH is 2. The summed E-state index contributed by atoms with van der Waals surface area (Å²) < 4.78 is 12.3. The molecule has 1 fully saturated rings. The van der Waals surface area contributed by atoms with Crippen molar-refractivity contribution in [2.24, 2.45) is 0 Å². The minimum Gasteiger partial charge on any atom is -0.493 e. The third kappa shape index (κ3) is 7.58. The summed E-state index contributed by atoms with van der Waals surface area (Å²) in [5.74, 6) is 1.81. The molecule has 3 aromatic rings. The summed E-state index contributed by atoms with van der Waals surface area (Å²) in [7, 11) is 0. The number of benzene rings is 3. The maximum atomic E-state index is 9.73. The van der Waals surface area contributed by atoms with Crippen molar-refractivity contribution < 1.29 is 19.7 Å². The fourth-order valence-corrected chi connectivity index (χ4v) is 5.11. The summed E-state index contributed by atoms with van der Waals surface area (Å²) in [5.41, 5.74) is 5.64. The van der Waals surface area contributed by atoms with E-state index in [4.69, 9.17) is 9.47 Å². The van der Waals surface area contributed by atoms with E-state index in [1.54, 1.807) is 0 Å². The Labute approximate surface area is 227 Å². The first-order valence-corrected chi connectivity index (χ1v) is 13.8. The van der Waals surface area contributed by atoms with Crippen molar-refractivity contribution in [1.29, 1.82) is 0 Å². The zero-order chi connectivity index (χ0) is 26.7. The minimum absolute atomic E-state index is 0.0631. The average molecular weight is 519 g/mol. The van der Waals surface area contributed by atoms with Crippen LogP contribution in [0.25, 0.3) is 11.1 Å². The van der Waals surface area contributed by atoms with Gasteiger partial charge in [0.2, 0.25) is 0 Å². The molecule has 204 valence electrons. The zero-order valence-electron chi connectivity index (χ0n) is 22.7. The molecular formula is C32H42N2O4. The molecule has 0 spiro atoms. The van der Waals surface area contributed by atoms with Crippen LogP contribution in [0.1, 0.15) is 42.0 Å². The van der Waals surface area contributed by atoms with Gasteiger partial charge in [-0.2, -0.15) is 0 Å². The maximum absolute atomic E-state index is 9.73. The van der Waals surface area contributed by atoms with E-state index in [9.17, 15) is 10.2 Å². The lowest BCUT2D eigenvalue weighted by Crippen LogP contribution is -2.26. The summed E-state index contributed by atoms with van der Waals surface area (Å²) in [6, 6.07) is 22.4. The number of aliphatic hydroxyl groups is 2. The molecule has 38 heavy (non-hydrogen) atoms. The van der Waals surface area contributed by atoms with Crippen molar-refractivity contribution in [3.05, 3.63) is 83.4 Å². The first-order valence-electron chi connectivity index (χ1n) is 13.8. The molecule has 6 nitrogen and oxygen atoms in total. The van der Waals surface area contributed by atoms with E-state index in [0.717, 1.165) is 84.8 Å². The van der Waals surface area contributed by atoms with Gasteiger partial charge in [-0.25, -0.2) is 0 Å². The fraction of sp³-hybridized carbons (Fsp3) is 0.438. The van der Waals surface area contributed by atoms with Crippen LogP contribution < -0.4 is 14.8 Å². The van der Waals surface area contributed by atoms with E-state index in [2.05, 4.69) is 42.3 Å². The number of ether oxygens (including phenoxy) is 2. The van der Waals surface area contributed by atoms with Gasteiger partial charge in [-0.05, 0) is 79.6 Å².